The summed E-state index contributed by atoms with van der Waals surface area (Å²) in [5, 5.41) is 0. The van der Waals surface area contributed by atoms with Gasteiger partial charge in [-0.05, 0) is 45.6 Å². The van der Waals surface area contributed by atoms with Crippen LogP contribution in [0.2, 0.25) is 0 Å². The zero-order valence-corrected chi connectivity index (χ0v) is 9.33. The van der Waals surface area contributed by atoms with Crippen LogP contribution in [0, 0.1) is 11.8 Å². The average molecular weight is 195 g/mol. The maximum Gasteiger partial charge on any atom is 0.137 e. The molecule has 2 saturated carbocycles. The lowest BCUT2D eigenvalue weighted by Crippen LogP contribution is -2.36. The summed E-state index contributed by atoms with van der Waals surface area (Å²) in [5.41, 5.74) is 0. The molecule has 2 rings (SSSR count). The number of rotatable bonds is 4. The zero-order chi connectivity index (χ0) is 10.1. The van der Waals surface area contributed by atoms with Crippen LogP contribution in [-0.2, 0) is 4.79 Å². The highest BCUT2D eigenvalue weighted by Crippen LogP contribution is 2.35. The molecule has 0 heterocycles. The van der Waals surface area contributed by atoms with Crippen molar-refractivity contribution in [2.24, 2.45) is 11.8 Å². The van der Waals surface area contributed by atoms with Crippen molar-refractivity contribution in [2.75, 3.05) is 13.6 Å². The lowest BCUT2D eigenvalue weighted by molar-refractivity contribution is -0.121. The maximum atomic E-state index is 11.5. The molecule has 80 valence electrons. The number of ketones is 1. The Kier molecular flexibility index (Phi) is 2.91. The quantitative estimate of drug-likeness (QED) is 0.684. The first-order valence-electron chi connectivity index (χ1n) is 5.91. The molecule has 0 N–H and O–H groups in total. The van der Waals surface area contributed by atoms with Crippen LogP contribution in [0.15, 0.2) is 0 Å². The summed E-state index contributed by atoms with van der Waals surface area (Å²) in [7, 11) is 2.18. The molecule has 2 nitrogen and oxygen atoms in total. The zero-order valence-electron chi connectivity index (χ0n) is 9.33. The van der Waals surface area contributed by atoms with Crippen LogP contribution in [0.5, 0.6) is 0 Å². The molecule has 2 atom stereocenters. The lowest BCUT2D eigenvalue weighted by atomic mass is 10.1. The van der Waals surface area contributed by atoms with Gasteiger partial charge in [-0.25, -0.2) is 0 Å². The van der Waals surface area contributed by atoms with E-state index in [2.05, 4.69) is 18.9 Å². The summed E-state index contributed by atoms with van der Waals surface area (Å²) in [4.78, 5) is 13.9. The van der Waals surface area contributed by atoms with Gasteiger partial charge in [-0.1, -0.05) is 0 Å². The summed E-state index contributed by atoms with van der Waals surface area (Å²) in [6.45, 7) is 3.30. The first-order valence-corrected chi connectivity index (χ1v) is 5.91. The summed E-state index contributed by atoms with van der Waals surface area (Å²) in [6, 6.07) is 0.684. The van der Waals surface area contributed by atoms with Crippen LogP contribution in [0.1, 0.15) is 39.0 Å². The van der Waals surface area contributed by atoms with E-state index in [1.807, 2.05) is 0 Å². The normalized spacial score (nSPS) is 29.9. The summed E-state index contributed by atoms with van der Waals surface area (Å²) < 4.78 is 0. The Morgan fingerprint density at radius 1 is 1.43 bits per heavy atom. The second-order valence-electron chi connectivity index (χ2n) is 5.07. The minimum Gasteiger partial charge on any atom is -0.303 e. The molecule has 0 bridgehead atoms. The molecule has 0 spiro atoms. The largest absolute Gasteiger partial charge is 0.303 e. The minimum atomic E-state index is 0.348. The molecule has 0 aromatic carbocycles. The van der Waals surface area contributed by atoms with Crippen LogP contribution in [-0.4, -0.2) is 30.3 Å². The Balaban J connectivity index is 1.80. The molecule has 0 radical (unpaired) electrons. The van der Waals surface area contributed by atoms with Crippen molar-refractivity contribution in [1.29, 1.82) is 0 Å². The summed E-state index contributed by atoms with van der Waals surface area (Å²) in [5.74, 6) is 1.76. The van der Waals surface area contributed by atoms with E-state index in [4.69, 9.17) is 0 Å². The number of nitrogens with zero attached hydrogens (tertiary/aromatic N) is 1. The summed E-state index contributed by atoms with van der Waals surface area (Å²) >= 11 is 0. The van der Waals surface area contributed by atoms with Gasteiger partial charge in [-0.2, -0.15) is 0 Å². The first-order chi connectivity index (χ1) is 6.68. The van der Waals surface area contributed by atoms with Crippen LogP contribution in [0.3, 0.4) is 0 Å². The standard InChI is InChI=1S/C12H21NO/c1-9(10-6-7-10)13(2)8-11-4-3-5-12(11)14/h9-11H,3-8H2,1-2H3. The molecule has 2 aliphatic carbocycles. The third-order valence-electron chi connectivity index (χ3n) is 3.94. The van der Waals surface area contributed by atoms with Crippen molar-refractivity contribution in [3.8, 4) is 0 Å². The van der Waals surface area contributed by atoms with E-state index < -0.39 is 0 Å². The van der Waals surface area contributed by atoms with Gasteiger partial charge in [0.2, 0.25) is 0 Å². The molecule has 14 heavy (non-hydrogen) atoms. The van der Waals surface area contributed by atoms with Gasteiger partial charge in [-0.3, -0.25) is 4.79 Å². The Morgan fingerprint density at radius 3 is 2.64 bits per heavy atom. The fraction of sp³-hybridized carbons (Fsp3) is 0.917. The molecule has 2 heteroatoms. The van der Waals surface area contributed by atoms with E-state index in [9.17, 15) is 4.79 Å². The smallest absolute Gasteiger partial charge is 0.137 e. The highest BCUT2D eigenvalue weighted by Gasteiger charge is 2.33. The monoisotopic (exact) mass is 195 g/mol. The van der Waals surface area contributed by atoms with Gasteiger partial charge in [0.15, 0.2) is 0 Å². The number of Topliss-reactive ketones (excluding diaryl/α,β-unsaturated/α-hetero) is 1. The molecule has 2 unspecified atom stereocenters. The van der Waals surface area contributed by atoms with E-state index in [1.165, 1.54) is 12.8 Å². The Morgan fingerprint density at radius 2 is 2.14 bits per heavy atom. The van der Waals surface area contributed by atoms with Crippen molar-refractivity contribution in [3.63, 3.8) is 0 Å². The van der Waals surface area contributed by atoms with Crippen molar-refractivity contribution in [1.82, 2.24) is 4.90 Å². The second-order valence-corrected chi connectivity index (χ2v) is 5.07. The van der Waals surface area contributed by atoms with Crippen LogP contribution in [0.25, 0.3) is 0 Å². The number of hydrogen-bond donors (Lipinski definition) is 0. The Bertz CT molecular complexity index is 222. The van der Waals surface area contributed by atoms with Crippen LogP contribution < -0.4 is 0 Å². The van der Waals surface area contributed by atoms with Crippen LogP contribution >= 0.6 is 0 Å². The number of carbonyl (C=O) groups excluding carboxylic acids is 1. The summed E-state index contributed by atoms with van der Waals surface area (Å²) in [6.07, 6.45) is 5.86. The molecule has 0 aromatic heterocycles. The predicted octanol–water partition coefficient (Wildman–Crippen LogP) is 2.09. The van der Waals surface area contributed by atoms with Crippen LogP contribution in [0.4, 0.5) is 0 Å². The Labute approximate surface area is 86.7 Å². The van der Waals surface area contributed by atoms with Crippen molar-refractivity contribution in [2.45, 2.75) is 45.1 Å². The topological polar surface area (TPSA) is 20.3 Å². The van der Waals surface area contributed by atoms with Crippen molar-refractivity contribution in [3.05, 3.63) is 0 Å². The van der Waals surface area contributed by atoms with E-state index in [0.717, 1.165) is 31.7 Å². The Hall–Kier alpha value is -0.370. The van der Waals surface area contributed by atoms with Gasteiger partial charge < -0.3 is 4.90 Å². The van der Waals surface area contributed by atoms with E-state index >= 15 is 0 Å². The number of hydrogen-bond acceptors (Lipinski definition) is 2. The first kappa shape index (κ1) is 10.2. The van der Waals surface area contributed by atoms with Gasteiger partial charge in [0.1, 0.15) is 5.78 Å². The van der Waals surface area contributed by atoms with Gasteiger partial charge in [0.25, 0.3) is 0 Å². The fourth-order valence-electron chi connectivity index (χ4n) is 2.53. The highest BCUT2D eigenvalue weighted by atomic mass is 16.1. The lowest BCUT2D eigenvalue weighted by Gasteiger charge is -2.26. The third-order valence-corrected chi connectivity index (χ3v) is 3.94. The molecule has 0 amide bonds. The average Bonchev–Trinajstić information content (AvgIpc) is 2.92. The molecule has 2 aliphatic rings. The molecule has 0 saturated heterocycles. The van der Waals surface area contributed by atoms with Gasteiger partial charge in [-0.15, -0.1) is 0 Å². The maximum absolute atomic E-state index is 11.5. The minimum absolute atomic E-state index is 0.348. The van der Waals surface area contributed by atoms with Crippen molar-refractivity contribution >= 4 is 5.78 Å². The molecular formula is C12H21NO. The fourth-order valence-corrected chi connectivity index (χ4v) is 2.53. The third kappa shape index (κ3) is 2.17. The molecular weight excluding hydrogens is 174 g/mol. The van der Waals surface area contributed by atoms with E-state index in [1.54, 1.807) is 0 Å². The van der Waals surface area contributed by atoms with Gasteiger partial charge in [0.05, 0.1) is 0 Å². The second kappa shape index (κ2) is 4.01. The highest BCUT2D eigenvalue weighted by molar-refractivity contribution is 5.83. The van der Waals surface area contributed by atoms with Crippen molar-refractivity contribution < 1.29 is 4.79 Å². The molecule has 2 fully saturated rings. The van der Waals surface area contributed by atoms with Gasteiger partial charge >= 0.3 is 0 Å². The molecule has 0 aliphatic heterocycles. The van der Waals surface area contributed by atoms with Gasteiger partial charge in [0, 0.05) is 24.9 Å². The van der Waals surface area contributed by atoms with E-state index in [0.29, 0.717) is 17.7 Å². The predicted molar refractivity (Wildman–Crippen MR) is 57.2 cm³/mol. The number of carbonyl (C=O) groups is 1. The molecule has 0 aromatic rings. The SMILES string of the molecule is CC(C1CC1)N(C)CC1CCCC1=O. The van der Waals surface area contributed by atoms with E-state index in [-0.39, 0.29) is 0 Å².